The molecular weight excluding hydrogens is 372 g/mol. The second-order valence-corrected chi connectivity index (χ2v) is 12.7. The minimum absolute atomic E-state index is 0.141. The van der Waals surface area contributed by atoms with Crippen molar-refractivity contribution in [2.45, 2.75) is 50.2 Å². The van der Waals surface area contributed by atoms with E-state index < -0.39 is 32.7 Å². The van der Waals surface area contributed by atoms with Crippen LogP contribution in [0.3, 0.4) is 0 Å². The average Bonchev–Trinajstić information content (AvgIpc) is 2.97. The maximum absolute atomic E-state index is 10.3. The van der Waals surface area contributed by atoms with E-state index >= 15 is 0 Å². The molecular formula is C22H30O5Si. The lowest BCUT2D eigenvalue weighted by Crippen LogP contribution is -2.67. The Labute approximate surface area is 167 Å². The summed E-state index contributed by atoms with van der Waals surface area (Å²) in [6.07, 6.45) is -3.68. The summed E-state index contributed by atoms with van der Waals surface area (Å²) >= 11 is 0. The van der Waals surface area contributed by atoms with Gasteiger partial charge in [0.2, 0.25) is 0 Å². The molecule has 0 radical (unpaired) electrons. The van der Waals surface area contributed by atoms with Crippen LogP contribution in [-0.2, 0) is 9.16 Å². The molecule has 2 aromatic carbocycles. The van der Waals surface area contributed by atoms with E-state index in [0.29, 0.717) is 0 Å². The quantitative estimate of drug-likeness (QED) is 0.630. The van der Waals surface area contributed by atoms with Crippen LogP contribution < -0.4 is 10.4 Å². The fourth-order valence-electron chi connectivity index (χ4n) is 4.08. The molecule has 0 bridgehead atoms. The van der Waals surface area contributed by atoms with Gasteiger partial charge in [0.25, 0.3) is 8.32 Å². The van der Waals surface area contributed by atoms with Crippen LogP contribution in [0.25, 0.3) is 0 Å². The molecule has 0 unspecified atom stereocenters. The molecule has 3 rings (SSSR count). The molecule has 1 aliphatic rings. The number of ether oxygens (including phenoxy) is 1. The Morgan fingerprint density at radius 3 is 1.71 bits per heavy atom. The maximum atomic E-state index is 10.3. The third kappa shape index (κ3) is 3.81. The van der Waals surface area contributed by atoms with Crippen molar-refractivity contribution in [3.8, 4) is 0 Å². The van der Waals surface area contributed by atoms with Gasteiger partial charge < -0.3 is 24.5 Å². The van der Waals surface area contributed by atoms with Gasteiger partial charge in [0.05, 0.1) is 13.2 Å². The minimum Gasteiger partial charge on any atom is -0.405 e. The Morgan fingerprint density at radius 2 is 1.32 bits per heavy atom. The van der Waals surface area contributed by atoms with Crippen molar-refractivity contribution in [1.82, 2.24) is 0 Å². The second-order valence-electron chi connectivity index (χ2n) is 8.35. The predicted octanol–water partition coefficient (Wildman–Crippen LogP) is 1.04. The van der Waals surface area contributed by atoms with Gasteiger partial charge in [-0.05, 0) is 15.4 Å². The minimum atomic E-state index is -2.74. The zero-order valence-electron chi connectivity index (χ0n) is 16.7. The zero-order chi connectivity index (χ0) is 20.4. The SMILES string of the molecule is CC(C)(C)[Si](OC[C@H]1O[C@H](CO)[C@@H](O)[C@@H]1O)(c1ccccc1)c1ccccc1. The van der Waals surface area contributed by atoms with E-state index in [1.54, 1.807) is 0 Å². The molecule has 4 atom stereocenters. The maximum Gasteiger partial charge on any atom is 0.261 e. The molecule has 152 valence electrons. The Bertz CT molecular complexity index is 707. The molecule has 6 heteroatoms. The standard InChI is InChI=1S/C22H30O5Si/c1-22(2,3)28(16-10-6-4-7-11-16,17-12-8-5-9-13-17)26-15-19-21(25)20(24)18(14-23)27-19/h4-13,18-21,23-25H,14-15H2,1-3H3/t18-,19-,20-,21-/m1/s1. The fourth-order valence-corrected chi connectivity index (χ4v) is 8.65. The molecule has 0 spiro atoms. The van der Waals surface area contributed by atoms with Gasteiger partial charge in [-0.3, -0.25) is 0 Å². The summed E-state index contributed by atoms with van der Waals surface area (Å²) in [7, 11) is -2.74. The first-order valence-corrected chi connectivity index (χ1v) is 11.6. The predicted molar refractivity (Wildman–Crippen MR) is 111 cm³/mol. The second kappa shape index (κ2) is 8.45. The van der Waals surface area contributed by atoms with Crippen LogP contribution in [0.2, 0.25) is 5.04 Å². The fraction of sp³-hybridized carbons (Fsp3) is 0.455. The molecule has 3 N–H and O–H groups in total. The lowest BCUT2D eigenvalue weighted by atomic mass is 10.1. The Hall–Kier alpha value is -1.54. The van der Waals surface area contributed by atoms with Crippen LogP contribution in [0.5, 0.6) is 0 Å². The molecule has 0 saturated carbocycles. The highest BCUT2D eigenvalue weighted by Crippen LogP contribution is 2.37. The Morgan fingerprint density at radius 1 is 0.857 bits per heavy atom. The molecule has 2 aromatic rings. The van der Waals surface area contributed by atoms with Gasteiger partial charge >= 0.3 is 0 Å². The first-order valence-electron chi connectivity index (χ1n) is 9.68. The van der Waals surface area contributed by atoms with Crippen molar-refractivity contribution in [2.75, 3.05) is 13.2 Å². The average molecular weight is 403 g/mol. The van der Waals surface area contributed by atoms with E-state index in [1.807, 2.05) is 36.4 Å². The summed E-state index contributed by atoms with van der Waals surface area (Å²) in [5.74, 6) is 0. The van der Waals surface area contributed by atoms with Crippen molar-refractivity contribution < 1.29 is 24.5 Å². The number of hydrogen-bond donors (Lipinski definition) is 3. The van der Waals surface area contributed by atoms with Crippen LogP contribution >= 0.6 is 0 Å². The topological polar surface area (TPSA) is 79.2 Å². The van der Waals surface area contributed by atoms with Crippen molar-refractivity contribution in [3.05, 3.63) is 60.7 Å². The van der Waals surface area contributed by atoms with Gasteiger partial charge in [-0.15, -0.1) is 0 Å². The van der Waals surface area contributed by atoms with Gasteiger partial charge in [-0.1, -0.05) is 81.4 Å². The molecule has 1 heterocycles. The summed E-state index contributed by atoms with van der Waals surface area (Å²) in [6, 6.07) is 20.4. The molecule has 0 amide bonds. The highest BCUT2D eigenvalue weighted by Gasteiger charge is 2.52. The molecule has 1 fully saturated rings. The van der Waals surface area contributed by atoms with Gasteiger partial charge in [0.15, 0.2) is 0 Å². The molecule has 1 aliphatic heterocycles. The van der Waals surface area contributed by atoms with E-state index in [2.05, 4.69) is 45.0 Å². The van der Waals surface area contributed by atoms with Crippen LogP contribution in [0.15, 0.2) is 60.7 Å². The molecule has 0 aromatic heterocycles. The smallest absolute Gasteiger partial charge is 0.261 e. The largest absolute Gasteiger partial charge is 0.405 e. The van der Waals surface area contributed by atoms with E-state index in [1.165, 1.54) is 0 Å². The first-order chi connectivity index (χ1) is 13.3. The summed E-state index contributed by atoms with van der Waals surface area (Å²) in [6.45, 7) is 6.33. The highest BCUT2D eigenvalue weighted by molar-refractivity contribution is 6.99. The lowest BCUT2D eigenvalue weighted by Gasteiger charge is -2.43. The number of benzene rings is 2. The van der Waals surface area contributed by atoms with Crippen molar-refractivity contribution >= 4 is 18.7 Å². The summed E-state index contributed by atoms with van der Waals surface area (Å²) < 4.78 is 12.4. The van der Waals surface area contributed by atoms with Gasteiger partial charge in [-0.2, -0.15) is 0 Å². The van der Waals surface area contributed by atoms with Crippen LogP contribution in [-0.4, -0.2) is 61.3 Å². The van der Waals surface area contributed by atoms with Gasteiger partial charge in [-0.25, -0.2) is 0 Å². The number of aliphatic hydroxyl groups is 3. The number of aliphatic hydroxyl groups excluding tert-OH is 3. The van der Waals surface area contributed by atoms with Crippen LogP contribution in [0.4, 0.5) is 0 Å². The zero-order valence-corrected chi connectivity index (χ0v) is 17.7. The number of hydrogen-bond acceptors (Lipinski definition) is 5. The summed E-state index contributed by atoms with van der Waals surface area (Å²) in [4.78, 5) is 0. The third-order valence-electron chi connectivity index (χ3n) is 5.52. The monoisotopic (exact) mass is 402 g/mol. The van der Waals surface area contributed by atoms with E-state index in [4.69, 9.17) is 9.16 Å². The highest BCUT2D eigenvalue weighted by atomic mass is 28.4. The van der Waals surface area contributed by atoms with Gasteiger partial charge in [0.1, 0.15) is 24.4 Å². The van der Waals surface area contributed by atoms with Crippen molar-refractivity contribution in [1.29, 1.82) is 0 Å². The lowest BCUT2D eigenvalue weighted by molar-refractivity contribution is -0.0368. The van der Waals surface area contributed by atoms with Gasteiger partial charge in [0, 0.05) is 0 Å². The van der Waals surface area contributed by atoms with Crippen molar-refractivity contribution in [3.63, 3.8) is 0 Å². The summed E-state index contributed by atoms with van der Waals surface area (Å²) in [5.41, 5.74) is 0. The van der Waals surface area contributed by atoms with E-state index in [0.717, 1.165) is 10.4 Å². The Kier molecular flexibility index (Phi) is 6.39. The first kappa shape index (κ1) is 21.2. The molecule has 1 saturated heterocycles. The molecule has 0 aliphatic carbocycles. The molecule has 28 heavy (non-hydrogen) atoms. The third-order valence-corrected chi connectivity index (χ3v) is 10.5. The summed E-state index contributed by atoms with van der Waals surface area (Å²) in [5, 5.41) is 31.9. The Balaban J connectivity index is 2.00. The normalized spacial score (nSPS) is 25.8. The van der Waals surface area contributed by atoms with E-state index in [-0.39, 0.29) is 18.3 Å². The van der Waals surface area contributed by atoms with Crippen LogP contribution in [0.1, 0.15) is 20.8 Å². The number of rotatable bonds is 6. The van der Waals surface area contributed by atoms with Crippen LogP contribution in [0, 0.1) is 0 Å². The van der Waals surface area contributed by atoms with E-state index in [9.17, 15) is 15.3 Å². The van der Waals surface area contributed by atoms with Crippen molar-refractivity contribution in [2.24, 2.45) is 0 Å². The molecule has 5 nitrogen and oxygen atoms in total.